The highest BCUT2D eigenvalue weighted by Gasteiger charge is 2.42. The third kappa shape index (κ3) is 3.56. The van der Waals surface area contributed by atoms with Crippen molar-refractivity contribution in [2.45, 2.75) is 19.0 Å². The number of hydrogen-bond acceptors (Lipinski definition) is 2. The average molecular weight is 309 g/mol. The van der Waals surface area contributed by atoms with Gasteiger partial charge < -0.3 is 10.6 Å². The lowest BCUT2D eigenvalue weighted by Gasteiger charge is -2.34. The largest absolute Gasteiger partial charge is 0.398 e. The predicted octanol–water partition coefficient (Wildman–Crippen LogP) is 3.11. The number of nitrogens with two attached hydrogens (primary N) is 1. The van der Waals surface area contributed by atoms with Crippen molar-refractivity contribution in [3.05, 3.63) is 29.8 Å². The first-order valence-electron chi connectivity index (χ1n) is 6.10. The molecule has 1 atom stereocenters. The maximum Gasteiger partial charge on any atom is 0.393 e. The summed E-state index contributed by atoms with van der Waals surface area (Å²) in [5.41, 5.74) is 6.24. The van der Waals surface area contributed by atoms with Crippen molar-refractivity contribution in [3.8, 4) is 0 Å². The normalized spacial score (nSPS) is 19.4. The molecule has 1 aliphatic heterocycles. The second kappa shape index (κ2) is 6.35. The zero-order valence-corrected chi connectivity index (χ0v) is 11.5. The lowest BCUT2D eigenvalue weighted by atomic mass is 9.96. The van der Waals surface area contributed by atoms with E-state index in [2.05, 4.69) is 0 Å². The Hall–Kier alpha value is -1.43. The molecule has 7 heteroatoms. The summed E-state index contributed by atoms with van der Waals surface area (Å²) in [5.74, 6) is -1.86. The molecule has 1 aliphatic rings. The molecule has 3 nitrogen and oxygen atoms in total. The van der Waals surface area contributed by atoms with Crippen molar-refractivity contribution in [2.75, 3.05) is 18.8 Å². The van der Waals surface area contributed by atoms with Crippen LogP contribution in [0.25, 0.3) is 0 Å². The fourth-order valence-electron chi connectivity index (χ4n) is 2.29. The number of carbonyl (C=O) groups excluding carboxylic acids is 1. The fourth-order valence-corrected chi connectivity index (χ4v) is 2.29. The van der Waals surface area contributed by atoms with Gasteiger partial charge in [-0.3, -0.25) is 4.79 Å². The summed E-state index contributed by atoms with van der Waals surface area (Å²) in [6.07, 6.45) is -3.80. The smallest absolute Gasteiger partial charge is 0.393 e. The first kappa shape index (κ1) is 16.6. The van der Waals surface area contributed by atoms with E-state index in [4.69, 9.17) is 5.73 Å². The average Bonchev–Trinajstić information content (AvgIpc) is 2.38. The van der Waals surface area contributed by atoms with Crippen LogP contribution in [0.5, 0.6) is 0 Å². The number of halogens is 4. The number of nitrogen functional groups attached to an aromatic ring is 1. The first-order chi connectivity index (χ1) is 8.89. The van der Waals surface area contributed by atoms with Crippen LogP contribution in [0.15, 0.2) is 24.3 Å². The Morgan fingerprint density at radius 3 is 2.55 bits per heavy atom. The zero-order chi connectivity index (χ0) is 14.0. The summed E-state index contributed by atoms with van der Waals surface area (Å²) in [5, 5.41) is 0. The van der Waals surface area contributed by atoms with E-state index >= 15 is 0 Å². The van der Waals surface area contributed by atoms with Gasteiger partial charge in [-0.05, 0) is 25.0 Å². The number of benzene rings is 1. The van der Waals surface area contributed by atoms with Gasteiger partial charge in [0.15, 0.2) is 0 Å². The lowest BCUT2D eigenvalue weighted by Crippen LogP contribution is -2.44. The highest BCUT2D eigenvalue weighted by Crippen LogP contribution is 2.33. The second-order valence-corrected chi connectivity index (χ2v) is 4.72. The maximum atomic E-state index is 12.7. The van der Waals surface area contributed by atoms with Crippen LogP contribution >= 0.6 is 12.4 Å². The van der Waals surface area contributed by atoms with E-state index in [1.807, 2.05) is 0 Å². The molecule has 1 unspecified atom stereocenters. The third-order valence-electron chi connectivity index (χ3n) is 3.36. The van der Waals surface area contributed by atoms with Gasteiger partial charge in [0.1, 0.15) is 0 Å². The van der Waals surface area contributed by atoms with Gasteiger partial charge in [-0.1, -0.05) is 12.1 Å². The molecule has 1 fully saturated rings. The molecule has 1 saturated heterocycles. The molecular formula is C13H16ClF3N2O. The molecule has 0 aliphatic carbocycles. The van der Waals surface area contributed by atoms with Gasteiger partial charge in [-0.2, -0.15) is 13.2 Å². The number of amides is 1. The Balaban J connectivity index is 0.00000200. The van der Waals surface area contributed by atoms with Gasteiger partial charge in [-0.15, -0.1) is 12.4 Å². The Labute approximate surface area is 121 Å². The van der Waals surface area contributed by atoms with E-state index in [9.17, 15) is 18.0 Å². The summed E-state index contributed by atoms with van der Waals surface area (Å²) < 4.78 is 38.1. The molecule has 1 heterocycles. The number of hydrogen-bond donors (Lipinski definition) is 1. The van der Waals surface area contributed by atoms with Crippen molar-refractivity contribution in [3.63, 3.8) is 0 Å². The summed E-state index contributed by atoms with van der Waals surface area (Å²) in [4.78, 5) is 13.4. The van der Waals surface area contributed by atoms with E-state index in [0.29, 0.717) is 18.7 Å². The summed E-state index contributed by atoms with van der Waals surface area (Å²) >= 11 is 0. The van der Waals surface area contributed by atoms with E-state index in [1.165, 1.54) is 11.0 Å². The molecule has 0 aromatic heterocycles. The van der Waals surface area contributed by atoms with E-state index < -0.39 is 18.0 Å². The number of carbonyl (C=O) groups is 1. The standard InChI is InChI=1S/C13H15F3N2O.ClH/c14-13(15,16)9-4-3-7-18(8-9)12(19)10-5-1-2-6-11(10)17;/h1-2,5-6,9H,3-4,7-8,17H2;1H. The third-order valence-corrected chi connectivity index (χ3v) is 3.36. The lowest BCUT2D eigenvalue weighted by molar-refractivity contribution is -0.184. The number of anilines is 1. The van der Waals surface area contributed by atoms with Crippen molar-refractivity contribution >= 4 is 24.0 Å². The molecule has 112 valence electrons. The minimum atomic E-state index is -4.25. The predicted molar refractivity (Wildman–Crippen MR) is 72.8 cm³/mol. The van der Waals surface area contributed by atoms with Gasteiger partial charge in [0.2, 0.25) is 0 Å². The first-order valence-corrected chi connectivity index (χ1v) is 6.10. The number of nitrogens with zero attached hydrogens (tertiary/aromatic N) is 1. The molecule has 1 amide bonds. The highest BCUT2D eigenvalue weighted by atomic mass is 35.5. The van der Waals surface area contributed by atoms with Crippen molar-refractivity contribution in [1.82, 2.24) is 4.90 Å². The molecule has 1 aromatic carbocycles. The number of rotatable bonds is 1. The maximum absolute atomic E-state index is 12.7. The van der Waals surface area contributed by atoms with E-state index in [-0.39, 0.29) is 30.9 Å². The van der Waals surface area contributed by atoms with Crippen LogP contribution in [-0.4, -0.2) is 30.1 Å². The number of para-hydroxylation sites is 1. The SMILES string of the molecule is Cl.Nc1ccccc1C(=O)N1CCCC(C(F)(F)F)C1. The van der Waals surface area contributed by atoms with Gasteiger partial charge in [0, 0.05) is 18.8 Å². The second-order valence-electron chi connectivity index (χ2n) is 4.72. The fraction of sp³-hybridized carbons (Fsp3) is 0.462. The summed E-state index contributed by atoms with van der Waals surface area (Å²) in [6.45, 7) is 0.0659. The van der Waals surface area contributed by atoms with Gasteiger partial charge in [0.05, 0.1) is 11.5 Å². The molecule has 0 saturated carbocycles. The minimum Gasteiger partial charge on any atom is -0.398 e. The highest BCUT2D eigenvalue weighted by molar-refractivity contribution is 5.99. The number of piperidine rings is 1. The van der Waals surface area contributed by atoms with Crippen LogP contribution in [0.3, 0.4) is 0 Å². The summed E-state index contributed by atoms with van der Waals surface area (Å²) in [6, 6.07) is 6.43. The molecule has 0 spiro atoms. The Bertz CT molecular complexity index is 479. The van der Waals surface area contributed by atoms with Crippen LogP contribution in [-0.2, 0) is 0 Å². The number of likely N-dealkylation sites (tertiary alicyclic amines) is 1. The van der Waals surface area contributed by atoms with E-state index in [1.54, 1.807) is 18.2 Å². The topological polar surface area (TPSA) is 46.3 Å². The Morgan fingerprint density at radius 2 is 1.95 bits per heavy atom. The molecular weight excluding hydrogens is 293 g/mol. The van der Waals surface area contributed by atoms with Gasteiger partial charge >= 0.3 is 6.18 Å². The monoisotopic (exact) mass is 308 g/mol. The minimum absolute atomic E-state index is 0. The van der Waals surface area contributed by atoms with Crippen molar-refractivity contribution in [1.29, 1.82) is 0 Å². The van der Waals surface area contributed by atoms with Crippen LogP contribution in [0, 0.1) is 5.92 Å². The van der Waals surface area contributed by atoms with Gasteiger partial charge in [0.25, 0.3) is 5.91 Å². The van der Waals surface area contributed by atoms with Crippen LogP contribution in [0.2, 0.25) is 0 Å². The molecule has 1 aromatic rings. The molecule has 0 radical (unpaired) electrons. The van der Waals surface area contributed by atoms with Crippen LogP contribution < -0.4 is 5.73 Å². The Kier molecular flexibility index (Phi) is 5.28. The molecule has 0 bridgehead atoms. The van der Waals surface area contributed by atoms with Gasteiger partial charge in [-0.25, -0.2) is 0 Å². The molecule has 2 N–H and O–H groups in total. The van der Waals surface area contributed by atoms with Crippen molar-refractivity contribution < 1.29 is 18.0 Å². The molecule has 20 heavy (non-hydrogen) atoms. The van der Waals surface area contributed by atoms with Crippen LogP contribution in [0.4, 0.5) is 18.9 Å². The zero-order valence-electron chi connectivity index (χ0n) is 10.7. The molecule has 2 rings (SSSR count). The quantitative estimate of drug-likeness (QED) is 0.810. The van der Waals surface area contributed by atoms with Crippen molar-refractivity contribution in [2.24, 2.45) is 5.92 Å². The number of alkyl halides is 3. The summed E-state index contributed by atoms with van der Waals surface area (Å²) in [7, 11) is 0. The van der Waals surface area contributed by atoms with E-state index in [0.717, 1.165) is 0 Å². The Morgan fingerprint density at radius 1 is 1.30 bits per heavy atom. The van der Waals surface area contributed by atoms with Crippen LogP contribution in [0.1, 0.15) is 23.2 Å².